The average Bonchev–Trinajstić information content (AvgIpc) is 3.20. The summed E-state index contributed by atoms with van der Waals surface area (Å²) in [6.07, 6.45) is 1.39. The molecule has 0 unspecified atom stereocenters. The predicted molar refractivity (Wildman–Crippen MR) is 117 cm³/mol. The van der Waals surface area contributed by atoms with E-state index in [1.54, 1.807) is 41.8 Å². The zero-order valence-electron chi connectivity index (χ0n) is 16.3. The predicted octanol–water partition coefficient (Wildman–Crippen LogP) is 4.38. The smallest absolute Gasteiger partial charge is 0.266 e. The molecule has 1 heterocycles. The van der Waals surface area contributed by atoms with Crippen LogP contribution in [-0.2, 0) is 9.59 Å². The third-order valence-corrected chi connectivity index (χ3v) is 4.86. The molecule has 0 spiro atoms. The molecule has 1 aromatic heterocycles. The summed E-state index contributed by atoms with van der Waals surface area (Å²) in [4.78, 5) is 30.5. The summed E-state index contributed by atoms with van der Waals surface area (Å²) in [6.45, 7) is 1.45. The molecule has 3 rings (SSSR count). The van der Waals surface area contributed by atoms with Gasteiger partial charge in [0.1, 0.15) is 17.4 Å². The number of para-hydroxylation sites is 1. The van der Waals surface area contributed by atoms with Crippen molar-refractivity contribution in [3.8, 4) is 11.8 Å². The first-order valence-corrected chi connectivity index (χ1v) is 9.78. The van der Waals surface area contributed by atoms with Gasteiger partial charge < -0.3 is 10.1 Å². The molecule has 8 heteroatoms. The van der Waals surface area contributed by atoms with Gasteiger partial charge in [-0.2, -0.15) is 5.26 Å². The first-order valence-electron chi connectivity index (χ1n) is 8.90. The Balaban J connectivity index is 1.83. The Labute approximate surface area is 177 Å². The largest absolute Gasteiger partial charge is 0.497 e. The number of hydrogen-bond donors (Lipinski definition) is 1. The van der Waals surface area contributed by atoms with Crippen LogP contribution in [0.5, 0.6) is 5.75 Å². The number of anilines is 3. The van der Waals surface area contributed by atoms with E-state index in [2.05, 4.69) is 10.3 Å². The van der Waals surface area contributed by atoms with Crippen molar-refractivity contribution in [3.63, 3.8) is 0 Å². The first-order chi connectivity index (χ1) is 14.5. The minimum Gasteiger partial charge on any atom is -0.497 e. The molecule has 0 saturated heterocycles. The highest BCUT2D eigenvalue weighted by Crippen LogP contribution is 2.29. The topological polar surface area (TPSA) is 95.3 Å². The van der Waals surface area contributed by atoms with Crippen molar-refractivity contribution >= 4 is 45.7 Å². The normalized spacial score (nSPS) is 10.8. The highest BCUT2D eigenvalue weighted by atomic mass is 32.1. The number of carbonyl (C=O) groups excluding carboxylic acids is 2. The van der Waals surface area contributed by atoms with E-state index in [9.17, 15) is 14.9 Å². The molecule has 0 radical (unpaired) electrons. The van der Waals surface area contributed by atoms with E-state index < -0.39 is 5.91 Å². The van der Waals surface area contributed by atoms with Gasteiger partial charge in [0.2, 0.25) is 5.91 Å². The molecule has 30 heavy (non-hydrogen) atoms. The van der Waals surface area contributed by atoms with Crippen LogP contribution in [0.1, 0.15) is 12.6 Å². The summed E-state index contributed by atoms with van der Waals surface area (Å²) in [7, 11) is 1.53. The average molecular weight is 418 g/mol. The fourth-order valence-electron chi connectivity index (χ4n) is 2.64. The number of aromatic nitrogens is 1. The number of ether oxygens (including phenoxy) is 1. The number of nitriles is 1. The third-order valence-electron chi connectivity index (χ3n) is 4.02. The molecular weight excluding hydrogens is 400 g/mol. The van der Waals surface area contributed by atoms with E-state index in [1.165, 1.54) is 36.3 Å². The lowest BCUT2D eigenvalue weighted by molar-refractivity contribution is -0.116. The minimum atomic E-state index is -0.563. The Morgan fingerprint density at radius 1 is 1.20 bits per heavy atom. The molecule has 2 amide bonds. The van der Waals surface area contributed by atoms with Crippen LogP contribution in [0.4, 0.5) is 16.5 Å². The summed E-state index contributed by atoms with van der Waals surface area (Å²) in [5, 5.41) is 14.2. The zero-order valence-corrected chi connectivity index (χ0v) is 17.1. The van der Waals surface area contributed by atoms with Gasteiger partial charge in [-0.3, -0.25) is 14.5 Å². The van der Waals surface area contributed by atoms with Gasteiger partial charge in [-0.15, -0.1) is 11.3 Å². The Morgan fingerprint density at radius 3 is 2.63 bits per heavy atom. The number of rotatable bonds is 6. The lowest BCUT2D eigenvalue weighted by Gasteiger charge is -2.17. The Kier molecular flexibility index (Phi) is 6.57. The van der Waals surface area contributed by atoms with E-state index >= 15 is 0 Å². The van der Waals surface area contributed by atoms with E-state index in [1.807, 2.05) is 24.3 Å². The SMILES string of the molecule is COc1cccc(NC(=O)/C(C#N)=C/c2csc(N(C(C)=O)c3ccccc3)n2)c1. The van der Waals surface area contributed by atoms with Crippen LogP contribution in [0.25, 0.3) is 6.08 Å². The number of nitrogens with zero attached hydrogens (tertiary/aromatic N) is 3. The standard InChI is InChI=1S/C22H18N4O3S/c1-15(27)26(19-8-4-3-5-9-19)22-25-18(14-30-22)11-16(13-23)21(28)24-17-7-6-10-20(12-17)29-2/h3-12,14H,1-2H3,(H,24,28)/b16-11+. The number of nitrogens with one attached hydrogen (secondary N) is 1. The maximum atomic E-state index is 12.5. The monoisotopic (exact) mass is 418 g/mol. The van der Waals surface area contributed by atoms with Gasteiger partial charge in [-0.25, -0.2) is 4.98 Å². The van der Waals surface area contributed by atoms with Crippen molar-refractivity contribution < 1.29 is 14.3 Å². The maximum Gasteiger partial charge on any atom is 0.266 e. The van der Waals surface area contributed by atoms with Crippen molar-refractivity contribution in [3.05, 3.63) is 71.2 Å². The Morgan fingerprint density at radius 2 is 1.97 bits per heavy atom. The molecule has 3 aromatic rings. The van der Waals surface area contributed by atoms with Crippen LogP contribution in [0, 0.1) is 11.3 Å². The second kappa shape index (κ2) is 9.49. The van der Waals surface area contributed by atoms with Gasteiger partial charge in [0.05, 0.1) is 18.5 Å². The summed E-state index contributed by atoms with van der Waals surface area (Å²) < 4.78 is 5.13. The van der Waals surface area contributed by atoms with Crippen LogP contribution >= 0.6 is 11.3 Å². The molecule has 0 aliphatic carbocycles. The van der Waals surface area contributed by atoms with Crippen molar-refractivity contribution in [2.24, 2.45) is 0 Å². The van der Waals surface area contributed by atoms with Crippen LogP contribution in [0.3, 0.4) is 0 Å². The van der Waals surface area contributed by atoms with Gasteiger partial charge in [0, 0.05) is 24.1 Å². The molecule has 2 aromatic carbocycles. The fourth-order valence-corrected chi connectivity index (χ4v) is 3.49. The van der Waals surface area contributed by atoms with Crippen molar-refractivity contribution in [2.75, 3.05) is 17.3 Å². The second-order valence-corrected chi connectivity index (χ2v) is 6.94. The lowest BCUT2D eigenvalue weighted by atomic mass is 10.2. The summed E-state index contributed by atoms with van der Waals surface area (Å²) >= 11 is 1.25. The van der Waals surface area contributed by atoms with E-state index in [-0.39, 0.29) is 11.5 Å². The second-order valence-electron chi connectivity index (χ2n) is 6.10. The molecule has 0 atom stereocenters. The lowest BCUT2D eigenvalue weighted by Crippen LogP contribution is -2.22. The highest BCUT2D eigenvalue weighted by molar-refractivity contribution is 7.14. The first kappa shape index (κ1) is 20.8. The van der Waals surface area contributed by atoms with Gasteiger partial charge in [0.15, 0.2) is 5.13 Å². The molecule has 0 fully saturated rings. The summed E-state index contributed by atoms with van der Waals surface area (Å²) in [5.74, 6) is -0.168. The molecule has 150 valence electrons. The Hall–Kier alpha value is -3.96. The molecule has 0 aliphatic heterocycles. The number of thiazole rings is 1. The number of hydrogen-bond acceptors (Lipinski definition) is 6. The number of amides is 2. The molecular formula is C22H18N4O3S. The quantitative estimate of drug-likeness (QED) is 0.473. The maximum absolute atomic E-state index is 12.5. The Bertz CT molecular complexity index is 1130. The van der Waals surface area contributed by atoms with Crippen molar-refractivity contribution in [1.82, 2.24) is 4.98 Å². The van der Waals surface area contributed by atoms with Crippen molar-refractivity contribution in [1.29, 1.82) is 5.26 Å². The number of benzene rings is 2. The van der Waals surface area contributed by atoms with Crippen LogP contribution in [0.2, 0.25) is 0 Å². The highest BCUT2D eigenvalue weighted by Gasteiger charge is 2.18. The van der Waals surface area contributed by atoms with Gasteiger partial charge in [-0.1, -0.05) is 24.3 Å². The van der Waals surface area contributed by atoms with Gasteiger partial charge in [0.25, 0.3) is 5.91 Å². The molecule has 1 N–H and O–H groups in total. The summed E-state index contributed by atoms with van der Waals surface area (Å²) in [6, 6.07) is 17.9. The number of methoxy groups -OCH3 is 1. The van der Waals surface area contributed by atoms with Crippen molar-refractivity contribution in [2.45, 2.75) is 6.92 Å². The molecule has 0 bridgehead atoms. The van der Waals surface area contributed by atoms with E-state index in [4.69, 9.17) is 4.74 Å². The fraction of sp³-hybridized carbons (Fsp3) is 0.0909. The zero-order chi connectivity index (χ0) is 21.5. The minimum absolute atomic E-state index is 0.108. The van der Waals surface area contributed by atoms with Gasteiger partial charge in [-0.05, 0) is 30.3 Å². The molecule has 7 nitrogen and oxygen atoms in total. The van der Waals surface area contributed by atoms with Crippen LogP contribution in [0.15, 0.2) is 65.6 Å². The molecule has 0 saturated carbocycles. The number of carbonyl (C=O) groups is 2. The van der Waals surface area contributed by atoms with Crippen LogP contribution in [-0.4, -0.2) is 23.9 Å². The van der Waals surface area contributed by atoms with E-state index in [0.29, 0.717) is 27.9 Å². The molecule has 0 aliphatic rings. The van der Waals surface area contributed by atoms with Gasteiger partial charge >= 0.3 is 0 Å². The van der Waals surface area contributed by atoms with Crippen LogP contribution < -0.4 is 15.0 Å². The summed E-state index contributed by atoms with van der Waals surface area (Å²) in [5.41, 5.74) is 1.50. The third kappa shape index (κ3) is 4.90. The van der Waals surface area contributed by atoms with E-state index in [0.717, 1.165) is 0 Å².